The standard InChI is InChI=1S/C22H29N5O2S/c1-25-9-3-4-17(13-25)27(18-12-23-26(2)14-18)30(29)24-22(28)11-21-19-7-5-15(19)10-16-6-8-20(16)21/h10,12,14,17H,3-9,11,13H2,1-2H3,(H,24,28). The molecule has 1 aromatic heterocycles. The molecule has 1 N–H and O–H groups in total. The number of carbonyl (C=O) groups excluding carboxylic acids is 1. The van der Waals surface area contributed by atoms with Gasteiger partial charge in [-0.1, -0.05) is 6.07 Å². The van der Waals surface area contributed by atoms with Gasteiger partial charge >= 0.3 is 0 Å². The number of piperidine rings is 1. The number of aromatic nitrogens is 2. The van der Waals surface area contributed by atoms with Gasteiger partial charge in [0, 0.05) is 13.6 Å². The Morgan fingerprint density at radius 3 is 2.57 bits per heavy atom. The molecular formula is C22H29N5O2S. The minimum Gasteiger partial charge on any atom is -0.568 e. The molecule has 2 unspecified atom stereocenters. The van der Waals surface area contributed by atoms with Gasteiger partial charge < -0.3 is 9.45 Å². The molecular weight excluding hydrogens is 398 g/mol. The maximum atomic E-state index is 13.3. The summed E-state index contributed by atoms with van der Waals surface area (Å²) in [7, 11) is 3.93. The van der Waals surface area contributed by atoms with Crippen LogP contribution in [0, 0.1) is 0 Å². The second-order valence-corrected chi connectivity index (χ2v) is 9.93. The van der Waals surface area contributed by atoms with Crippen LogP contribution in [0.4, 0.5) is 5.69 Å². The summed E-state index contributed by atoms with van der Waals surface area (Å²) in [6.07, 6.45) is 10.3. The molecule has 3 aliphatic rings. The van der Waals surface area contributed by atoms with Gasteiger partial charge in [0.1, 0.15) is 5.69 Å². The Labute approximate surface area is 180 Å². The molecule has 2 atom stereocenters. The van der Waals surface area contributed by atoms with Crippen LogP contribution in [0.25, 0.3) is 0 Å². The van der Waals surface area contributed by atoms with E-state index in [1.54, 1.807) is 10.9 Å². The van der Waals surface area contributed by atoms with Crippen LogP contribution in [0.3, 0.4) is 0 Å². The van der Waals surface area contributed by atoms with E-state index in [0.717, 1.165) is 57.3 Å². The Balaban J connectivity index is 1.33. The van der Waals surface area contributed by atoms with Crippen molar-refractivity contribution in [1.29, 1.82) is 0 Å². The maximum absolute atomic E-state index is 13.3. The number of hydrogen-bond donors (Lipinski definition) is 1. The third-order valence-electron chi connectivity index (χ3n) is 6.74. The van der Waals surface area contributed by atoms with Crippen LogP contribution in [-0.2, 0) is 55.5 Å². The zero-order valence-corrected chi connectivity index (χ0v) is 18.5. The fraction of sp³-hybridized carbons (Fsp3) is 0.545. The van der Waals surface area contributed by atoms with Crippen molar-refractivity contribution < 1.29 is 9.35 Å². The fourth-order valence-electron chi connectivity index (χ4n) is 5.04. The van der Waals surface area contributed by atoms with Gasteiger partial charge in [-0.2, -0.15) is 9.40 Å². The smallest absolute Gasteiger partial charge is 0.267 e. The predicted octanol–water partition coefficient (Wildman–Crippen LogP) is 1.46. The Morgan fingerprint density at radius 1 is 1.27 bits per heavy atom. The second kappa shape index (κ2) is 7.90. The minimum absolute atomic E-state index is 0.0768. The molecule has 30 heavy (non-hydrogen) atoms. The van der Waals surface area contributed by atoms with Gasteiger partial charge in [0.15, 0.2) is 11.5 Å². The summed E-state index contributed by atoms with van der Waals surface area (Å²) in [4.78, 5) is 15.2. The lowest BCUT2D eigenvalue weighted by Crippen LogP contribution is -2.54. The summed E-state index contributed by atoms with van der Waals surface area (Å²) >= 11 is -1.65. The maximum Gasteiger partial charge on any atom is 0.267 e. The molecule has 1 aromatic carbocycles. The Morgan fingerprint density at radius 2 is 2.00 bits per heavy atom. The zero-order chi connectivity index (χ0) is 20.8. The van der Waals surface area contributed by atoms with Crippen LogP contribution in [0.2, 0.25) is 0 Å². The third kappa shape index (κ3) is 3.61. The number of nitrogens with one attached hydrogen (secondary N) is 1. The molecule has 2 aliphatic carbocycles. The summed E-state index contributed by atoms with van der Waals surface area (Å²) in [5.74, 6) is -0.166. The van der Waals surface area contributed by atoms with Crippen LogP contribution in [0.1, 0.15) is 40.7 Å². The zero-order valence-electron chi connectivity index (χ0n) is 17.7. The van der Waals surface area contributed by atoms with Gasteiger partial charge in [0.05, 0.1) is 24.9 Å². The van der Waals surface area contributed by atoms with Crippen molar-refractivity contribution in [3.63, 3.8) is 0 Å². The number of amides is 1. The summed E-state index contributed by atoms with van der Waals surface area (Å²) in [6, 6.07) is 2.40. The van der Waals surface area contributed by atoms with E-state index in [2.05, 4.69) is 27.8 Å². The average Bonchev–Trinajstić information content (AvgIpc) is 3.05. The van der Waals surface area contributed by atoms with E-state index in [1.807, 2.05) is 17.5 Å². The molecule has 1 saturated heterocycles. The summed E-state index contributed by atoms with van der Waals surface area (Å²) in [6.45, 7) is 1.86. The first-order chi connectivity index (χ1) is 14.5. The Hall–Kier alpha value is -2.03. The number of likely N-dealkylation sites (N-methyl/N-ethyl adjacent to an activating group) is 1. The third-order valence-corrected chi connectivity index (χ3v) is 8.00. The molecule has 1 fully saturated rings. The number of nitrogens with zero attached hydrogens (tertiary/aromatic N) is 4. The number of anilines is 1. The van der Waals surface area contributed by atoms with Gasteiger partial charge in [0.2, 0.25) is 0 Å². The van der Waals surface area contributed by atoms with E-state index in [4.69, 9.17) is 0 Å². The van der Waals surface area contributed by atoms with Crippen molar-refractivity contribution in [2.24, 2.45) is 7.05 Å². The minimum atomic E-state index is -1.65. The van der Waals surface area contributed by atoms with Crippen LogP contribution >= 0.6 is 0 Å². The normalized spacial score (nSPS) is 21.1. The molecule has 0 spiro atoms. The number of hydrogen-bond acceptors (Lipinski definition) is 5. The first-order valence-corrected chi connectivity index (χ1v) is 11.9. The highest BCUT2D eigenvalue weighted by atomic mass is 32.2. The molecule has 8 heteroatoms. The molecule has 1 aliphatic heterocycles. The number of fused-ring (bicyclic) bond motifs is 2. The number of likely N-dealkylation sites (tertiary alicyclic amines) is 1. The molecule has 2 heterocycles. The average molecular weight is 428 g/mol. The largest absolute Gasteiger partial charge is 0.568 e. The highest BCUT2D eigenvalue weighted by molar-refractivity contribution is 7.91. The van der Waals surface area contributed by atoms with E-state index in [0.29, 0.717) is 6.42 Å². The van der Waals surface area contributed by atoms with Gasteiger partial charge in [-0.15, -0.1) is 4.72 Å². The van der Waals surface area contributed by atoms with Gasteiger partial charge in [-0.3, -0.25) is 9.48 Å². The van der Waals surface area contributed by atoms with Crippen molar-refractivity contribution in [2.75, 3.05) is 24.4 Å². The van der Waals surface area contributed by atoms with Crippen LogP contribution in [0.5, 0.6) is 0 Å². The lowest BCUT2D eigenvalue weighted by atomic mass is 9.73. The summed E-state index contributed by atoms with van der Waals surface area (Å²) in [5.41, 5.74) is 7.49. The van der Waals surface area contributed by atoms with Gasteiger partial charge in [-0.25, -0.2) is 0 Å². The molecule has 160 valence electrons. The molecule has 0 saturated carbocycles. The molecule has 0 bridgehead atoms. The van der Waals surface area contributed by atoms with Gasteiger partial charge in [-0.05, 0) is 79.9 Å². The van der Waals surface area contributed by atoms with Crippen molar-refractivity contribution in [3.05, 3.63) is 46.3 Å². The number of rotatable bonds is 6. The van der Waals surface area contributed by atoms with E-state index < -0.39 is 11.5 Å². The highest BCUT2D eigenvalue weighted by Gasteiger charge is 2.35. The summed E-state index contributed by atoms with van der Waals surface area (Å²) in [5, 5.41) is 4.25. The van der Waals surface area contributed by atoms with E-state index in [9.17, 15) is 9.35 Å². The number of benzene rings is 1. The van der Waals surface area contributed by atoms with Crippen LogP contribution in [-0.4, -0.2) is 51.3 Å². The molecule has 2 aromatic rings. The number of aryl methyl sites for hydroxylation is 3. The van der Waals surface area contributed by atoms with E-state index in [-0.39, 0.29) is 11.9 Å². The van der Waals surface area contributed by atoms with Crippen molar-refractivity contribution in [2.45, 2.75) is 51.0 Å². The molecule has 5 rings (SSSR count). The monoisotopic (exact) mass is 427 g/mol. The Bertz CT molecular complexity index is 944. The second-order valence-electron chi connectivity index (χ2n) is 8.84. The van der Waals surface area contributed by atoms with E-state index in [1.165, 1.54) is 27.8 Å². The predicted molar refractivity (Wildman–Crippen MR) is 117 cm³/mol. The van der Waals surface area contributed by atoms with Crippen molar-refractivity contribution in [1.82, 2.24) is 19.4 Å². The van der Waals surface area contributed by atoms with Crippen molar-refractivity contribution in [3.8, 4) is 0 Å². The summed E-state index contributed by atoms with van der Waals surface area (Å²) < 4.78 is 19.7. The number of carbonyl (C=O) groups is 1. The Kier molecular flexibility index (Phi) is 5.24. The quantitative estimate of drug-likeness (QED) is 0.707. The van der Waals surface area contributed by atoms with Crippen LogP contribution < -0.4 is 9.03 Å². The van der Waals surface area contributed by atoms with Gasteiger partial charge in [0.25, 0.3) is 5.91 Å². The lowest BCUT2D eigenvalue weighted by Gasteiger charge is -2.36. The SMILES string of the molecule is CN1CCCC(N(c2cnn(C)c2)[S+]([O-])NC(=O)Cc2c3c(cc4c2CC4)CC3)C1. The topological polar surface area (TPSA) is 76.5 Å². The van der Waals surface area contributed by atoms with Crippen molar-refractivity contribution >= 4 is 23.1 Å². The lowest BCUT2D eigenvalue weighted by molar-refractivity contribution is -0.118. The van der Waals surface area contributed by atoms with E-state index >= 15 is 0 Å². The molecule has 0 radical (unpaired) electrons. The first kappa shape index (κ1) is 19.9. The molecule has 7 nitrogen and oxygen atoms in total. The van der Waals surface area contributed by atoms with Crippen LogP contribution in [0.15, 0.2) is 18.5 Å². The first-order valence-electron chi connectivity index (χ1n) is 10.8. The fourth-order valence-corrected chi connectivity index (χ4v) is 6.13. The molecule has 1 amide bonds. The highest BCUT2D eigenvalue weighted by Crippen LogP contribution is 2.37.